The molecule has 1 aliphatic rings. The normalized spacial score (nSPS) is 19.5. The highest BCUT2D eigenvalue weighted by molar-refractivity contribution is 5.96. The quantitative estimate of drug-likeness (QED) is 0.904. The van der Waals surface area contributed by atoms with Crippen LogP contribution in [0.1, 0.15) is 54.9 Å². The van der Waals surface area contributed by atoms with Crippen molar-refractivity contribution < 1.29 is 9.90 Å². The van der Waals surface area contributed by atoms with E-state index in [1.165, 1.54) is 6.42 Å². The van der Waals surface area contributed by atoms with Gasteiger partial charge in [-0.2, -0.15) is 0 Å². The number of aromatic hydroxyl groups is 1. The number of carbonyl (C=O) groups excluding carboxylic acids is 1. The fraction of sp³-hybridized carbons (Fsp3) is 0.562. The molecular weight excluding hydrogens is 238 g/mol. The zero-order chi connectivity index (χ0) is 13.8. The van der Waals surface area contributed by atoms with E-state index in [4.69, 9.17) is 0 Å². The average molecular weight is 261 g/mol. The van der Waals surface area contributed by atoms with Crippen molar-refractivity contribution in [1.82, 2.24) is 4.90 Å². The molecule has 0 radical (unpaired) electrons. The van der Waals surface area contributed by atoms with Gasteiger partial charge in [0.05, 0.1) is 0 Å². The number of carbonyl (C=O) groups is 1. The summed E-state index contributed by atoms with van der Waals surface area (Å²) in [5.74, 6) is 0.279. The van der Waals surface area contributed by atoms with Crippen molar-refractivity contribution >= 4 is 5.91 Å². The van der Waals surface area contributed by atoms with Gasteiger partial charge in [-0.05, 0) is 44.7 Å². The molecule has 1 heterocycles. The highest BCUT2D eigenvalue weighted by atomic mass is 16.3. The highest BCUT2D eigenvalue weighted by Crippen LogP contribution is 2.26. The lowest BCUT2D eigenvalue weighted by Gasteiger charge is -2.36. The van der Waals surface area contributed by atoms with E-state index < -0.39 is 0 Å². The van der Waals surface area contributed by atoms with Crippen molar-refractivity contribution in [3.05, 3.63) is 29.3 Å². The molecular formula is C16H23NO2. The Balaban J connectivity index is 2.23. The number of hydrogen-bond acceptors (Lipinski definition) is 2. The summed E-state index contributed by atoms with van der Waals surface area (Å²) in [4.78, 5) is 14.7. The molecule has 0 aliphatic carbocycles. The van der Waals surface area contributed by atoms with Crippen LogP contribution in [0.4, 0.5) is 0 Å². The minimum absolute atomic E-state index is 0.0755. The van der Waals surface area contributed by atoms with Gasteiger partial charge in [0.2, 0.25) is 0 Å². The molecule has 1 amide bonds. The first-order valence-electron chi connectivity index (χ1n) is 7.24. The lowest BCUT2D eigenvalue weighted by atomic mass is 9.96. The van der Waals surface area contributed by atoms with Crippen molar-refractivity contribution in [3.8, 4) is 5.75 Å². The Labute approximate surface area is 115 Å². The van der Waals surface area contributed by atoms with Crippen LogP contribution >= 0.6 is 0 Å². The minimum Gasteiger partial charge on any atom is -0.508 e. The summed E-state index contributed by atoms with van der Waals surface area (Å²) in [7, 11) is 0. The van der Waals surface area contributed by atoms with E-state index in [2.05, 4.69) is 6.92 Å². The molecule has 1 N–H and O–H groups in total. The molecule has 1 fully saturated rings. The van der Waals surface area contributed by atoms with Gasteiger partial charge in [0, 0.05) is 23.7 Å². The van der Waals surface area contributed by atoms with Crippen LogP contribution in [0.25, 0.3) is 0 Å². The number of benzene rings is 1. The SMILES string of the molecule is CCCC1CCCCN1C(=O)c1cccc(O)c1C. The van der Waals surface area contributed by atoms with Crippen molar-refractivity contribution in [1.29, 1.82) is 0 Å². The van der Waals surface area contributed by atoms with Crippen LogP contribution in [0.2, 0.25) is 0 Å². The Kier molecular flexibility index (Phi) is 4.46. The van der Waals surface area contributed by atoms with Crippen LogP contribution < -0.4 is 0 Å². The minimum atomic E-state index is 0.0755. The molecule has 1 aliphatic heterocycles. The number of phenols is 1. The third-order valence-corrected chi connectivity index (χ3v) is 4.05. The number of likely N-dealkylation sites (tertiary alicyclic amines) is 1. The second-order valence-electron chi connectivity index (χ2n) is 5.39. The van der Waals surface area contributed by atoms with Crippen molar-refractivity contribution in [3.63, 3.8) is 0 Å². The van der Waals surface area contributed by atoms with Gasteiger partial charge in [0.15, 0.2) is 0 Å². The molecule has 0 spiro atoms. The van der Waals surface area contributed by atoms with E-state index in [0.29, 0.717) is 17.2 Å². The third-order valence-electron chi connectivity index (χ3n) is 4.05. The largest absolute Gasteiger partial charge is 0.508 e. The summed E-state index contributed by atoms with van der Waals surface area (Å²) < 4.78 is 0. The first-order chi connectivity index (χ1) is 9.15. The predicted octanol–water partition coefficient (Wildman–Crippen LogP) is 3.50. The van der Waals surface area contributed by atoms with Crippen molar-refractivity contribution in [2.24, 2.45) is 0 Å². The summed E-state index contributed by atoms with van der Waals surface area (Å²) in [6.07, 6.45) is 5.59. The number of amides is 1. The fourth-order valence-corrected chi connectivity index (χ4v) is 2.91. The molecule has 2 rings (SSSR count). The Bertz CT molecular complexity index is 454. The highest BCUT2D eigenvalue weighted by Gasteiger charge is 2.27. The molecule has 104 valence electrons. The zero-order valence-electron chi connectivity index (χ0n) is 11.9. The molecule has 1 unspecified atom stereocenters. The van der Waals surface area contributed by atoms with Gasteiger partial charge in [0.25, 0.3) is 5.91 Å². The van der Waals surface area contributed by atoms with E-state index in [1.807, 2.05) is 11.0 Å². The van der Waals surface area contributed by atoms with Crippen LogP contribution in [0.5, 0.6) is 5.75 Å². The van der Waals surface area contributed by atoms with Gasteiger partial charge >= 0.3 is 0 Å². The molecule has 0 bridgehead atoms. The van der Waals surface area contributed by atoms with Gasteiger partial charge in [-0.15, -0.1) is 0 Å². The van der Waals surface area contributed by atoms with E-state index in [0.717, 1.165) is 32.2 Å². The van der Waals surface area contributed by atoms with Crippen LogP contribution in [0, 0.1) is 6.92 Å². The monoisotopic (exact) mass is 261 g/mol. The zero-order valence-corrected chi connectivity index (χ0v) is 11.9. The average Bonchev–Trinajstić information content (AvgIpc) is 2.42. The molecule has 3 heteroatoms. The van der Waals surface area contributed by atoms with Crippen LogP contribution in [0.3, 0.4) is 0 Å². The Morgan fingerprint density at radius 2 is 2.21 bits per heavy atom. The lowest BCUT2D eigenvalue weighted by Crippen LogP contribution is -2.43. The molecule has 1 aromatic carbocycles. The van der Waals surface area contributed by atoms with Gasteiger partial charge in [-0.1, -0.05) is 19.4 Å². The van der Waals surface area contributed by atoms with E-state index in [9.17, 15) is 9.90 Å². The van der Waals surface area contributed by atoms with Crippen molar-refractivity contribution in [2.75, 3.05) is 6.54 Å². The summed E-state index contributed by atoms with van der Waals surface area (Å²) >= 11 is 0. The molecule has 3 nitrogen and oxygen atoms in total. The van der Waals surface area contributed by atoms with Crippen LogP contribution in [-0.4, -0.2) is 28.5 Å². The van der Waals surface area contributed by atoms with E-state index in [-0.39, 0.29) is 11.7 Å². The third kappa shape index (κ3) is 2.91. The van der Waals surface area contributed by atoms with E-state index >= 15 is 0 Å². The van der Waals surface area contributed by atoms with E-state index in [1.54, 1.807) is 19.1 Å². The molecule has 1 atom stereocenters. The number of nitrogens with zero attached hydrogens (tertiary/aromatic N) is 1. The Morgan fingerprint density at radius 1 is 1.42 bits per heavy atom. The Morgan fingerprint density at radius 3 is 2.95 bits per heavy atom. The maximum absolute atomic E-state index is 12.7. The summed E-state index contributed by atoms with van der Waals surface area (Å²) in [6.45, 7) is 4.82. The first kappa shape index (κ1) is 13.9. The van der Waals surface area contributed by atoms with Crippen molar-refractivity contribution in [2.45, 2.75) is 52.0 Å². The lowest BCUT2D eigenvalue weighted by molar-refractivity contribution is 0.0599. The summed E-state index contributed by atoms with van der Waals surface area (Å²) in [5, 5.41) is 9.75. The second-order valence-corrected chi connectivity index (χ2v) is 5.39. The number of piperidine rings is 1. The Hall–Kier alpha value is -1.51. The second kappa shape index (κ2) is 6.09. The maximum Gasteiger partial charge on any atom is 0.254 e. The molecule has 19 heavy (non-hydrogen) atoms. The number of hydrogen-bond donors (Lipinski definition) is 1. The number of phenolic OH excluding ortho intramolecular Hbond substituents is 1. The van der Waals surface area contributed by atoms with Gasteiger partial charge in [0.1, 0.15) is 5.75 Å². The molecule has 1 aromatic rings. The van der Waals surface area contributed by atoms with Crippen LogP contribution in [-0.2, 0) is 0 Å². The maximum atomic E-state index is 12.7. The molecule has 0 aromatic heterocycles. The van der Waals surface area contributed by atoms with Gasteiger partial charge < -0.3 is 10.0 Å². The smallest absolute Gasteiger partial charge is 0.254 e. The van der Waals surface area contributed by atoms with Crippen LogP contribution in [0.15, 0.2) is 18.2 Å². The number of rotatable bonds is 3. The van der Waals surface area contributed by atoms with Gasteiger partial charge in [-0.3, -0.25) is 4.79 Å². The first-order valence-corrected chi connectivity index (χ1v) is 7.24. The fourth-order valence-electron chi connectivity index (χ4n) is 2.91. The summed E-state index contributed by atoms with van der Waals surface area (Å²) in [6, 6.07) is 5.56. The topological polar surface area (TPSA) is 40.5 Å². The predicted molar refractivity (Wildman–Crippen MR) is 76.4 cm³/mol. The molecule has 1 saturated heterocycles. The van der Waals surface area contributed by atoms with Gasteiger partial charge in [-0.25, -0.2) is 0 Å². The standard InChI is InChI=1S/C16H23NO2/c1-3-7-13-8-4-5-11-17(13)16(19)14-9-6-10-15(18)12(14)2/h6,9-10,13,18H,3-5,7-8,11H2,1-2H3. The summed E-state index contributed by atoms with van der Waals surface area (Å²) in [5.41, 5.74) is 1.33. The molecule has 0 saturated carbocycles.